The molecule has 0 aliphatic carbocycles. The monoisotopic (exact) mass is 930 g/mol. The molecule has 7 amide bonds. The van der Waals surface area contributed by atoms with E-state index in [1.54, 1.807) is 54.6 Å². The number of carbonyl (C=O) groups is 8. The number of rotatable bonds is 11. The first-order valence-corrected chi connectivity index (χ1v) is 21.2. The number of para-hydroxylation sites is 1. The Morgan fingerprint density at radius 3 is 2.31 bits per heavy atom. The minimum atomic E-state index is -2.29. The lowest BCUT2D eigenvalue weighted by Crippen LogP contribution is -2.60. The highest BCUT2D eigenvalue weighted by Gasteiger charge is 2.39. The second-order valence-corrected chi connectivity index (χ2v) is 15.8. The number of aliphatic hydroxyl groups is 4. The van der Waals surface area contributed by atoms with Gasteiger partial charge in [0, 0.05) is 42.7 Å². The van der Waals surface area contributed by atoms with Gasteiger partial charge in [0.05, 0.1) is 56.8 Å². The van der Waals surface area contributed by atoms with Crippen LogP contribution in [0.25, 0.3) is 17.0 Å². The topological polar surface area (TPSA) is 338 Å². The number of carboxylic acid groups (broad SMARTS) is 1. The van der Waals surface area contributed by atoms with Crippen LogP contribution in [0.15, 0.2) is 78.5 Å². The smallest absolute Gasteiger partial charge is 0.352 e. The van der Waals surface area contributed by atoms with E-state index in [9.17, 15) is 63.9 Å². The summed E-state index contributed by atoms with van der Waals surface area (Å²) < 4.78 is 5.43. The van der Waals surface area contributed by atoms with Gasteiger partial charge in [-0.1, -0.05) is 54.6 Å². The fourth-order valence-corrected chi connectivity index (χ4v) is 7.22. The number of aliphatic hydroxyl groups excluding tert-OH is 4. The van der Waals surface area contributed by atoms with Crippen molar-refractivity contribution >= 4 is 64.3 Å². The van der Waals surface area contributed by atoms with Gasteiger partial charge in [-0.15, -0.1) is 0 Å². The number of β-amino-alcohol motifs (C(OH)–C–C–N with tert-alkyl or cyclic N) is 1. The molecule has 1 saturated heterocycles. The van der Waals surface area contributed by atoms with Gasteiger partial charge in [-0.05, 0) is 42.7 Å². The van der Waals surface area contributed by atoms with Gasteiger partial charge in [-0.2, -0.15) is 0 Å². The second-order valence-electron chi connectivity index (χ2n) is 15.8. The molecule has 2 aliphatic heterocycles. The van der Waals surface area contributed by atoms with Crippen LogP contribution in [0, 0.1) is 0 Å². The van der Waals surface area contributed by atoms with Crippen LogP contribution in [0.1, 0.15) is 47.8 Å². The zero-order valence-corrected chi connectivity index (χ0v) is 36.6. The van der Waals surface area contributed by atoms with Crippen molar-refractivity contribution < 1.29 is 68.6 Å². The second kappa shape index (κ2) is 23.7. The summed E-state index contributed by atoms with van der Waals surface area (Å²) in [7, 11) is 1.22. The molecule has 1 fully saturated rings. The van der Waals surface area contributed by atoms with Gasteiger partial charge in [-0.25, -0.2) is 4.79 Å². The number of aromatic carboxylic acids is 1. The van der Waals surface area contributed by atoms with E-state index in [4.69, 9.17) is 4.74 Å². The minimum Gasteiger partial charge on any atom is -0.494 e. The van der Waals surface area contributed by atoms with E-state index in [2.05, 4.69) is 36.9 Å². The Morgan fingerprint density at radius 2 is 1.60 bits per heavy atom. The van der Waals surface area contributed by atoms with Crippen molar-refractivity contribution in [3.05, 3.63) is 95.4 Å². The minimum absolute atomic E-state index is 0.149. The first kappa shape index (κ1) is 50.6. The summed E-state index contributed by atoms with van der Waals surface area (Å²) in [4.78, 5) is 108. The number of allylic oxidation sites excluding steroid dienone is 2. The maximum Gasteiger partial charge on any atom is 0.352 e. The maximum atomic E-state index is 13.6. The van der Waals surface area contributed by atoms with E-state index in [0.717, 1.165) is 16.5 Å². The summed E-state index contributed by atoms with van der Waals surface area (Å²) in [6, 6.07) is 9.10. The molecule has 0 bridgehead atoms. The predicted octanol–water partition coefficient (Wildman–Crippen LogP) is -2.14. The van der Waals surface area contributed by atoms with E-state index >= 15 is 0 Å². The van der Waals surface area contributed by atoms with Crippen molar-refractivity contribution in [2.75, 3.05) is 33.3 Å². The zero-order chi connectivity index (χ0) is 48.8. The number of carboxylic acids is 1. The number of benzene rings is 2. The predicted molar refractivity (Wildman–Crippen MR) is 238 cm³/mol. The summed E-state index contributed by atoms with van der Waals surface area (Å²) in [5.74, 6) is -7.09. The van der Waals surface area contributed by atoms with Crippen LogP contribution in [0.5, 0.6) is 5.75 Å². The average molecular weight is 931 g/mol. The van der Waals surface area contributed by atoms with Gasteiger partial charge < -0.3 is 72.1 Å². The highest BCUT2D eigenvalue weighted by atomic mass is 16.5. The van der Waals surface area contributed by atoms with E-state index in [1.165, 1.54) is 13.1 Å². The molecule has 1 aromatic heterocycles. The number of H-pyrrole nitrogens is 1. The molecule has 3 aromatic rings. The first-order valence-electron chi connectivity index (χ1n) is 21.2. The number of fused-ring (bicyclic) bond motifs is 2. The molecule has 2 aliphatic rings. The summed E-state index contributed by atoms with van der Waals surface area (Å²) in [5, 5.41) is 68.8. The number of aromatic nitrogens is 1. The Labute approximate surface area is 383 Å². The van der Waals surface area contributed by atoms with Gasteiger partial charge in [0.1, 0.15) is 23.6 Å². The molecule has 67 heavy (non-hydrogen) atoms. The zero-order valence-electron chi connectivity index (χ0n) is 36.6. The van der Waals surface area contributed by atoms with Crippen molar-refractivity contribution in [3.63, 3.8) is 0 Å². The molecule has 0 unspecified atom stereocenters. The Hall–Kier alpha value is -7.40. The number of nitrogens with zero attached hydrogens (tertiary/aromatic N) is 1. The lowest BCUT2D eigenvalue weighted by atomic mass is 9.96. The molecule has 2 aromatic carbocycles. The van der Waals surface area contributed by atoms with Crippen molar-refractivity contribution in [2.45, 2.75) is 75.1 Å². The molecule has 358 valence electrons. The SMILES string of the molecule is CCOc1ccc(/C=C/C=C/C[C@H](O)[C@@H](O)[C@H]2NC(=O)C[C@@H](O)CNC(=O)CNC(=O)[C@@H](Cc3c(C(=O)O)[nH]c4ccccc34)NC(=O)CN(C)C(=O)/C=C3\NC(=O)C[C@H]3NC(=O)[C@H]2O)cc1. The third-order valence-corrected chi connectivity index (χ3v) is 10.7. The Kier molecular flexibility index (Phi) is 17.9. The van der Waals surface area contributed by atoms with Gasteiger partial charge in [0.15, 0.2) is 6.10 Å². The number of hydrogen-bond acceptors (Lipinski definition) is 13. The van der Waals surface area contributed by atoms with Crippen LogP contribution in [0.2, 0.25) is 0 Å². The third kappa shape index (κ3) is 14.3. The quantitative estimate of drug-likeness (QED) is 0.0915. The molecule has 22 heteroatoms. The Bertz CT molecular complexity index is 2410. The molecule has 0 radical (unpaired) electrons. The largest absolute Gasteiger partial charge is 0.494 e. The van der Waals surface area contributed by atoms with E-state index in [1.807, 2.05) is 19.1 Å². The number of carbonyl (C=O) groups excluding carboxylic acids is 7. The maximum absolute atomic E-state index is 13.6. The number of amides is 7. The van der Waals surface area contributed by atoms with Crippen LogP contribution in [-0.2, 0) is 40.0 Å². The van der Waals surface area contributed by atoms with E-state index in [-0.39, 0.29) is 29.8 Å². The number of likely N-dealkylation sites (N-methyl/N-ethyl adjacent to an activating group) is 1. The fourth-order valence-electron chi connectivity index (χ4n) is 7.22. The van der Waals surface area contributed by atoms with Gasteiger partial charge in [-0.3, -0.25) is 33.6 Å². The first-order chi connectivity index (χ1) is 31.9. The van der Waals surface area contributed by atoms with Gasteiger partial charge in [0.2, 0.25) is 35.4 Å². The highest BCUT2D eigenvalue weighted by molar-refractivity contribution is 5.99. The standard InChI is InChI=1S/C45H54N8O14/c1-3-67-26-15-13-24(14-16-26)9-5-4-6-12-33(55)41(61)40-42(62)44(64)51-30-19-35(57)48-31(30)20-38(60)53(2)23-37(59)49-32(18-28-27-10-7-8-11-29(27)50-39(28)45(65)66)43(63)47-22-36(58)46-21-25(54)17-34(56)52-40/h4-11,13-16,20,25,30,32-33,40-42,50,54-55,61-62H,3,12,17-19,21-23H2,1-2H3,(H,46,58)(H,47,63)(H,48,57)(H,49,59)(H,51,64)(H,52,56)(H,65,66)/b6-4+,9-5+,31-20-/t25-,30-,32-,33+,40-,41-,42+/m1/s1. The fraction of sp³-hybridized carbons (Fsp3) is 0.378. The van der Waals surface area contributed by atoms with Crippen molar-refractivity contribution in [2.24, 2.45) is 0 Å². The van der Waals surface area contributed by atoms with Crippen LogP contribution in [-0.4, -0.2) is 159 Å². The van der Waals surface area contributed by atoms with E-state index in [0.29, 0.717) is 23.3 Å². The Morgan fingerprint density at radius 1 is 0.866 bits per heavy atom. The van der Waals surface area contributed by atoms with Crippen LogP contribution >= 0.6 is 0 Å². The van der Waals surface area contributed by atoms with Gasteiger partial charge >= 0.3 is 5.97 Å². The van der Waals surface area contributed by atoms with Crippen molar-refractivity contribution in [3.8, 4) is 5.75 Å². The number of hydrogen-bond donors (Lipinski definition) is 12. The third-order valence-electron chi connectivity index (χ3n) is 10.7. The molecular weight excluding hydrogens is 877 g/mol. The normalized spacial score (nSPS) is 23.9. The molecule has 5 rings (SSSR count). The molecule has 12 N–H and O–H groups in total. The summed E-state index contributed by atoms with van der Waals surface area (Å²) in [6.07, 6.45) is -1.95. The van der Waals surface area contributed by atoms with Crippen LogP contribution in [0.4, 0.5) is 0 Å². The van der Waals surface area contributed by atoms with Crippen molar-refractivity contribution in [1.82, 2.24) is 41.8 Å². The number of aromatic amines is 1. The average Bonchev–Trinajstić information content (AvgIpc) is 3.84. The van der Waals surface area contributed by atoms with Crippen LogP contribution < -0.4 is 36.6 Å². The van der Waals surface area contributed by atoms with Crippen LogP contribution in [0.3, 0.4) is 0 Å². The summed E-state index contributed by atoms with van der Waals surface area (Å²) in [6.45, 7) is 0.451. The van der Waals surface area contributed by atoms with E-state index < -0.39 is 122 Å². The number of nitrogens with one attached hydrogen (secondary N) is 7. The highest BCUT2D eigenvalue weighted by Crippen LogP contribution is 2.24. The summed E-state index contributed by atoms with van der Waals surface area (Å²) in [5.41, 5.74) is 1.02. The van der Waals surface area contributed by atoms with Crippen molar-refractivity contribution in [1.29, 1.82) is 0 Å². The molecule has 22 nitrogen and oxygen atoms in total. The molecule has 0 saturated carbocycles. The lowest BCUT2D eigenvalue weighted by Gasteiger charge is -2.31. The molecular formula is C45H54N8O14. The Balaban J connectivity index is 1.35. The molecule has 0 spiro atoms. The van der Waals surface area contributed by atoms with Gasteiger partial charge in [0.25, 0.3) is 5.91 Å². The summed E-state index contributed by atoms with van der Waals surface area (Å²) >= 11 is 0. The molecule has 7 atom stereocenters. The lowest BCUT2D eigenvalue weighted by molar-refractivity contribution is -0.138. The number of ether oxygens (including phenoxy) is 1. The molecule has 3 heterocycles.